The number of aromatic nitrogens is 4. The van der Waals surface area contributed by atoms with Crippen molar-refractivity contribution in [2.75, 3.05) is 0 Å². The van der Waals surface area contributed by atoms with Gasteiger partial charge in [0.05, 0.1) is 6.54 Å². The lowest BCUT2D eigenvalue weighted by atomic mass is 10.2. The minimum atomic E-state index is -1.23. The summed E-state index contributed by atoms with van der Waals surface area (Å²) in [6.07, 6.45) is 1.52. The maximum atomic E-state index is 12.0. The Morgan fingerprint density at radius 2 is 2.17 bits per heavy atom. The summed E-state index contributed by atoms with van der Waals surface area (Å²) in [7, 11) is 1.76. The minimum absolute atomic E-state index is 0.197. The second kappa shape index (κ2) is 4.44. The molecule has 7 nitrogen and oxygen atoms in total. The van der Waals surface area contributed by atoms with Crippen LogP contribution in [0.5, 0.6) is 0 Å². The third kappa shape index (κ3) is 2.02. The number of carboxylic acid groups (broad SMARTS) is 1. The Kier molecular flexibility index (Phi) is 2.97. The van der Waals surface area contributed by atoms with Crippen molar-refractivity contribution in [2.45, 2.75) is 13.5 Å². The summed E-state index contributed by atoms with van der Waals surface area (Å²) >= 11 is 0. The number of carbonyl (C=O) groups is 1. The monoisotopic (exact) mass is 248 g/mol. The van der Waals surface area contributed by atoms with Gasteiger partial charge in [-0.1, -0.05) is 0 Å². The fourth-order valence-electron chi connectivity index (χ4n) is 1.62. The molecule has 0 amide bonds. The van der Waals surface area contributed by atoms with Crippen LogP contribution in [-0.2, 0) is 13.6 Å². The zero-order chi connectivity index (χ0) is 13.3. The lowest BCUT2D eigenvalue weighted by molar-refractivity contribution is 0.0694. The van der Waals surface area contributed by atoms with Crippen LogP contribution < -0.4 is 5.56 Å². The first-order chi connectivity index (χ1) is 8.50. The number of aromatic carboxylic acids is 1. The molecular formula is C11H12N4O3. The van der Waals surface area contributed by atoms with E-state index in [1.54, 1.807) is 24.6 Å². The van der Waals surface area contributed by atoms with Gasteiger partial charge in [-0.2, -0.15) is 0 Å². The number of hydrogen-bond donors (Lipinski definition) is 1. The lowest BCUT2D eigenvalue weighted by Gasteiger charge is -2.09. The lowest BCUT2D eigenvalue weighted by Crippen LogP contribution is -2.29. The Hall–Kier alpha value is -2.44. The SMILES string of the molecule is Cc1ccc(C(=O)O)c(=O)n1Cc1nncn1C. The van der Waals surface area contributed by atoms with Gasteiger partial charge in [0.2, 0.25) is 0 Å². The maximum Gasteiger partial charge on any atom is 0.341 e. The maximum absolute atomic E-state index is 12.0. The smallest absolute Gasteiger partial charge is 0.341 e. The van der Waals surface area contributed by atoms with Gasteiger partial charge in [0.15, 0.2) is 5.82 Å². The van der Waals surface area contributed by atoms with Gasteiger partial charge in [-0.25, -0.2) is 4.79 Å². The predicted octanol–water partition coefficient (Wildman–Crippen LogP) is 0.0317. The van der Waals surface area contributed by atoms with Crippen molar-refractivity contribution in [1.82, 2.24) is 19.3 Å². The van der Waals surface area contributed by atoms with Crippen molar-refractivity contribution in [2.24, 2.45) is 7.05 Å². The number of hydrogen-bond acceptors (Lipinski definition) is 4. The van der Waals surface area contributed by atoms with Gasteiger partial charge in [-0.3, -0.25) is 4.79 Å². The molecule has 0 unspecified atom stereocenters. The fraction of sp³-hybridized carbons (Fsp3) is 0.273. The molecule has 2 aromatic rings. The van der Waals surface area contributed by atoms with E-state index in [4.69, 9.17) is 5.11 Å². The third-order valence-electron chi connectivity index (χ3n) is 2.73. The highest BCUT2D eigenvalue weighted by Crippen LogP contribution is 2.02. The number of aryl methyl sites for hydroxylation is 2. The molecule has 0 aliphatic rings. The molecule has 0 aliphatic carbocycles. The standard InChI is InChI=1S/C11H12N4O3/c1-7-3-4-8(11(17)18)10(16)15(7)5-9-13-12-6-14(9)2/h3-4,6H,5H2,1-2H3,(H,17,18). The molecule has 0 aliphatic heterocycles. The van der Waals surface area contributed by atoms with Crippen molar-refractivity contribution >= 4 is 5.97 Å². The highest BCUT2D eigenvalue weighted by atomic mass is 16.4. The van der Waals surface area contributed by atoms with E-state index in [9.17, 15) is 9.59 Å². The van der Waals surface area contributed by atoms with Crippen LogP contribution in [0.15, 0.2) is 23.3 Å². The van der Waals surface area contributed by atoms with Gasteiger partial charge >= 0.3 is 5.97 Å². The predicted molar refractivity (Wildman–Crippen MR) is 62.5 cm³/mol. The molecular weight excluding hydrogens is 236 g/mol. The van der Waals surface area contributed by atoms with E-state index in [2.05, 4.69) is 10.2 Å². The molecule has 94 valence electrons. The van der Waals surface area contributed by atoms with Crippen LogP contribution >= 0.6 is 0 Å². The molecule has 0 aromatic carbocycles. The van der Waals surface area contributed by atoms with Crippen molar-refractivity contribution < 1.29 is 9.90 Å². The summed E-state index contributed by atoms with van der Waals surface area (Å²) in [4.78, 5) is 22.9. The first-order valence-corrected chi connectivity index (χ1v) is 5.27. The van der Waals surface area contributed by atoms with Crippen LogP contribution in [0.1, 0.15) is 21.9 Å². The second-order valence-electron chi connectivity index (χ2n) is 3.94. The largest absolute Gasteiger partial charge is 0.477 e. The van der Waals surface area contributed by atoms with E-state index in [1.165, 1.54) is 17.0 Å². The first-order valence-electron chi connectivity index (χ1n) is 5.27. The first kappa shape index (κ1) is 12.0. The van der Waals surface area contributed by atoms with Crippen molar-refractivity contribution in [3.05, 3.63) is 45.9 Å². The summed E-state index contributed by atoms with van der Waals surface area (Å²) in [5.41, 5.74) is -0.110. The van der Waals surface area contributed by atoms with E-state index in [1.807, 2.05) is 0 Å². The van der Waals surface area contributed by atoms with Crippen LogP contribution in [-0.4, -0.2) is 30.4 Å². The molecule has 0 fully saturated rings. The number of pyridine rings is 1. The Balaban J connectivity index is 2.51. The second-order valence-corrected chi connectivity index (χ2v) is 3.94. The van der Waals surface area contributed by atoms with Crippen LogP contribution in [0.25, 0.3) is 0 Å². The quantitative estimate of drug-likeness (QED) is 0.827. The number of rotatable bonds is 3. The van der Waals surface area contributed by atoms with Gasteiger partial charge in [-0.05, 0) is 19.1 Å². The Morgan fingerprint density at radius 1 is 1.44 bits per heavy atom. The van der Waals surface area contributed by atoms with Crippen LogP contribution in [0, 0.1) is 6.92 Å². The summed E-state index contributed by atoms with van der Waals surface area (Å²) in [5, 5.41) is 16.5. The van der Waals surface area contributed by atoms with Gasteiger partial charge in [0.25, 0.3) is 5.56 Å². The highest BCUT2D eigenvalue weighted by molar-refractivity contribution is 5.87. The molecule has 2 rings (SSSR count). The van der Waals surface area contributed by atoms with Gasteiger partial charge in [0.1, 0.15) is 11.9 Å². The molecule has 2 heterocycles. The molecule has 0 bridgehead atoms. The van der Waals surface area contributed by atoms with Crippen molar-refractivity contribution in [3.8, 4) is 0 Å². The van der Waals surface area contributed by atoms with Crippen molar-refractivity contribution in [3.63, 3.8) is 0 Å². The zero-order valence-corrected chi connectivity index (χ0v) is 9.99. The molecule has 18 heavy (non-hydrogen) atoms. The topological polar surface area (TPSA) is 90.0 Å². The van der Waals surface area contributed by atoms with E-state index >= 15 is 0 Å². The average Bonchev–Trinajstić information content (AvgIpc) is 2.69. The van der Waals surface area contributed by atoms with Crippen molar-refractivity contribution in [1.29, 1.82) is 0 Å². The summed E-state index contributed by atoms with van der Waals surface area (Å²) < 4.78 is 3.05. The molecule has 1 N–H and O–H groups in total. The Labute approximate surface area is 102 Å². The van der Waals surface area contributed by atoms with Gasteiger partial charge < -0.3 is 14.2 Å². The summed E-state index contributed by atoms with van der Waals surface area (Å²) in [6, 6.07) is 2.91. The number of nitrogens with zero attached hydrogens (tertiary/aromatic N) is 4. The highest BCUT2D eigenvalue weighted by Gasteiger charge is 2.13. The van der Waals surface area contributed by atoms with E-state index < -0.39 is 11.5 Å². The Bertz CT molecular complexity index is 657. The number of carboxylic acids is 1. The summed E-state index contributed by atoms with van der Waals surface area (Å²) in [5.74, 6) is -0.644. The summed E-state index contributed by atoms with van der Waals surface area (Å²) in [6.45, 7) is 1.94. The molecule has 2 aromatic heterocycles. The van der Waals surface area contributed by atoms with Crippen LogP contribution in [0.2, 0.25) is 0 Å². The van der Waals surface area contributed by atoms with E-state index in [0.717, 1.165) is 0 Å². The minimum Gasteiger partial charge on any atom is -0.477 e. The molecule has 0 spiro atoms. The Morgan fingerprint density at radius 3 is 2.72 bits per heavy atom. The zero-order valence-electron chi connectivity index (χ0n) is 9.99. The molecule has 0 saturated carbocycles. The van der Waals surface area contributed by atoms with Crippen LogP contribution in [0.3, 0.4) is 0 Å². The third-order valence-corrected chi connectivity index (χ3v) is 2.73. The van der Waals surface area contributed by atoms with Crippen LogP contribution in [0.4, 0.5) is 0 Å². The average molecular weight is 248 g/mol. The molecule has 0 atom stereocenters. The molecule has 0 saturated heterocycles. The fourth-order valence-corrected chi connectivity index (χ4v) is 1.62. The normalized spacial score (nSPS) is 10.6. The van der Waals surface area contributed by atoms with Gasteiger partial charge in [0, 0.05) is 12.7 Å². The van der Waals surface area contributed by atoms with E-state index in [-0.39, 0.29) is 12.1 Å². The van der Waals surface area contributed by atoms with Gasteiger partial charge in [-0.15, -0.1) is 10.2 Å². The molecule has 7 heteroatoms. The molecule has 0 radical (unpaired) electrons. The van der Waals surface area contributed by atoms with E-state index in [0.29, 0.717) is 11.5 Å².